The summed E-state index contributed by atoms with van der Waals surface area (Å²) in [5.41, 5.74) is 0.993. The number of rotatable bonds is 4. The smallest absolute Gasteiger partial charge is 0.263 e. The molecule has 1 aliphatic rings. The number of hydrogen-bond donors (Lipinski definition) is 1. The molecule has 1 aromatic heterocycles. The highest BCUT2D eigenvalue weighted by molar-refractivity contribution is 5.97. The minimum absolute atomic E-state index is 0.0818. The van der Waals surface area contributed by atoms with Crippen molar-refractivity contribution in [3.63, 3.8) is 0 Å². The third kappa shape index (κ3) is 4.57. The number of carbonyl (C=O) groups excluding carboxylic acids is 1. The van der Waals surface area contributed by atoms with Crippen molar-refractivity contribution in [3.05, 3.63) is 41.9 Å². The van der Waals surface area contributed by atoms with Gasteiger partial charge in [-0.15, -0.1) is 0 Å². The summed E-state index contributed by atoms with van der Waals surface area (Å²) in [5, 5.41) is 11.9. The highest BCUT2D eigenvalue weighted by Gasteiger charge is 2.21. The molecular formula is C16H20N4O2. The van der Waals surface area contributed by atoms with Gasteiger partial charge in [0.15, 0.2) is 0 Å². The van der Waals surface area contributed by atoms with Crippen LogP contribution in [0.2, 0.25) is 0 Å². The summed E-state index contributed by atoms with van der Waals surface area (Å²) in [6, 6.07) is 5.64. The summed E-state index contributed by atoms with van der Waals surface area (Å²) in [5.74, 6) is -0.377. The Kier molecular flexibility index (Phi) is 5.50. The molecule has 2 rings (SSSR count). The van der Waals surface area contributed by atoms with Crippen LogP contribution in [0.15, 0.2) is 36.3 Å². The standard InChI is InChI=1S/C16H20N4O2/c1-12-9-20(10-13(2)22-12)11-15(6-17)16(21)19-8-14-4-3-5-18-7-14/h3-5,7,11-13H,8-10H2,1-2H3,(H,19,21)/b15-11-. The lowest BCUT2D eigenvalue weighted by Gasteiger charge is -2.34. The fraction of sp³-hybridized carbons (Fsp3) is 0.438. The van der Waals surface area contributed by atoms with Gasteiger partial charge in [-0.2, -0.15) is 5.26 Å². The molecule has 0 saturated carbocycles. The van der Waals surface area contributed by atoms with Gasteiger partial charge in [0.2, 0.25) is 0 Å². The number of pyridine rings is 1. The van der Waals surface area contributed by atoms with Gasteiger partial charge in [0.25, 0.3) is 5.91 Å². The maximum absolute atomic E-state index is 12.1. The molecule has 1 amide bonds. The average molecular weight is 300 g/mol. The maximum atomic E-state index is 12.1. The second-order valence-corrected chi connectivity index (χ2v) is 5.41. The first kappa shape index (κ1) is 16.0. The quantitative estimate of drug-likeness (QED) is 0.668. The predicted molar refractivity (Wildman–Crippen MR) is 81.4 cm³/mol. The number of nitriles is 1. The number of nitrogens with zero attached hydrogens (tertiary/aromatic N) is 3. The zero-order valence-corrected chi connectivity index (χ0v) is 12.8. The van der Waals surface area contributed by atoms with Crippen LogP contribution in [0.1, 0.15) is 19.4 Å². The van der Waals surface area contributed by atoms with Crippen LogP contribution in [0.3, 0.4) is 0 Å². The molecule has 2 unspecified atom stereocenters. The van der Waals surface area contributed by atoms with Crippen LogP contribution in [0, 0.1) is 11.3 Å². The summed E-state index contributed by atoms with van der Waals surface area (Å²) >= 11 is 0. The van der Waals surface area contributed by atoms with Crippen LogP contribution in [0.4, 0.5) is 0 Å². The maximum Gasteiger partial charge on any atom is 0.263 e. The molecule has 1 N–H and O–H groups in total. The van der Waals surface area contributed by atoms with Crippen LogP contribution in [0.25, 0.3) is 0 Å². The fourth-order valence-electron chi connectivity index (χ4n) is 2.42. The van der Waals surface area contributed by atoms with Gasteiger partial charge in [0.05, 0.1) is 12.2 Å². The van der Waals surface area contributed by atoms with Crippen LogP contribution in [-0.4, -0.2) is 41.1 Å². The molecule has 0 bridgehead atoms. The average Bonchev–Trinajstić information content (AvgIpc) is 2.50. The van der Waals surface area contributed by atoms with Crippen LogP contribution in [0.5, 0.6) is 0 Å². The number of hydrogen-bond acceptors (Lipinski definition) is 5. The number of amides is 1. The monoisotopic (exact) mass is 300 g/mol. The lowest BCUT2D eigenvalue weighted by molar-refractivity contribution is -0.117. The third-order valence-electron chi connectivity index (χ3n) is 3.30. The number of carbonyl (C=O) groups is 1. The number of nitrogens with one attached hydrogen (secondary N) is 1. The first-order chi connectivity index (χ1) is 10.6. The number of aromatic nitrogens is 1. The van der Waals surface area contributed by atoms with Crippen molar-refractivity contribution in [2.45, 2.75) is 32.6 Å². The van der Waals surface area contributed by atoms with Crippen molar-refractivity contribution in [2.24, 2.45) is 0 Å². The number of morpholine rings is 1. The summed E-state index contributed by atoms with van der Waals surface area (Å²) in [6.45, 7) is 5.65. The lowest BCUT2D eigenvalue weighted by atomic mass is 10.2. The Morgan fingerprint density at radius 1 is 1.55 bits per heavy atom. The van der Waals surface area contributed by atoms with E-state index >= 15 is 0 Å². The Balaban J connectivity index is 1.96. The van der Waals surface area contributed by atoms with Gasteiger partial charge in [-0.25, -0.2) is 0 Å². The summed E-state index contributed by atoms with van der Waals surface area (Å²) in [4.78, 5) is 18.0. The molecule has 1 saturated heterocycles. The van der Waals surface area contributed by atoms with E-state index in [1.165, 1.54) is 0 Å². The molecule has 0 spiro atoms. The zero-order chi connectivity index (χ0) is 15.9. The fourth-order valence-corrected chi connectivity index (χ4v) is 2.42. The first-order valence-corrected chi connectivity index (χ1v) is 7.27. The zero-order valence-electron chi connectivity index (χ0n) is 12.8. The van der Waals surface area contributed by atoms with E-state index in [0.717, 1.165) is 5.56 Å². The van der Waals surface area contributed by atoms with Crippen molar-refractivity contribution in [2.75, 3.05) is 13.1 Å². The minimum atomic E-state index is -0.377. The second-order valence-electron chi connectivity index (χ2n) is 5.41. The van der Waals surface area contributed by atoms with Crippen LogP contribution in [-0.2, 0) is 16.1 Å². The molecule has 6 nitrogen and oxygen atoms in total. The van der Waals surface area contributed by atoms with E-state index in [9.17, 15) is 10.1 Å². The van der Waals surface area contributed by atoms with Gasteiger partial charge >= 0.3 is 0 Å². The largest absolute Gasteiger partial charge is 0.372 e. The highest BCUT2D eigenvalue weighted by Crippen LogP contribution is 2.12. The van der Waals surface area contributed by atoms with Crippen molar-refractivity contribution in [1.29, 1.82) is 5.26 Å². The van der Waals surface area contributed by atoms with E-state index in [0.29, 0.717) is 19.6 Å². The Morgan fingerprint density at radius 3 is 2.86 bits per heavy atom. The van der Waals surface area contributed by atoms with Crippen molar-refractivity contribution >= 4 is 5.91 Å². The molecule has 2 atom stereocenters. The molecule has 0 aromatic carbocycles. The molecule has 2 heterocycles. The van der Waals surface area contributed by atoms with Crippen molar-refractivity contribution in [3.8, 4) is 6.07 Å². The lowest BCUT2D eigenvalue weighted by Crippen LogP contribution is -2.43. The molecule has 6 heteroatoms. The van der Waals surface area contributed by atoms with Crippen molar-refractivity contribution in [1.82, 2.24) is 15.2 Å². The summed E-state index contributed by atoms with van der Waals surface area (Å²) in [6.07, 6.45) is 5.14. The topological polar surface area (TPSA) is 78.3 Å². The predicted octanol–water partition coefficient (Wildman–Crippen LogP) is 1.21. The van der Waals surface area contributed by atoms with Gasteiger partial charge in [0.1, 0.15) is 11.6 Å². The Bertz CT molecular complexity index is 570. The molecule has 22 heavy (non-hydrogen) atoms. The van der Waals surface area contributed by atoms with Gasteiger partial charge in [0, 0.05) is 38.2 Å². The van der Waals surface area contributed by atoms with E-state index < -0.39 is 0 Å². The highest BCUT2D eigenvalue weighted by atomic mass is 16.5. The normalized spacial score (nSPS) is 22.0. The van der Waals surface area contributed by atoms with Gasteiger partial charge in [-0.05, 0) is 25.5 Å². The summed E-state index contributed by atoms with van der Waals surface area (Å²) < 4.78 is 5.64. The molecule has 1 aliphatic heterocycles. The van der Waals surface area contributed by atoms with E-state index in [2.05, 4.69) is 10.3 Å². The number of ether oxygens (including phenoxy) is 1. The first-order valence-electron chi connectivity index (χ1n) is 7.27. The molecule has 0 aliphatic carbocycles. The van der Waals surface area contributed by atoms with Gasteiger partial charge in [-0.3, -0.25) is 9.78 Å². The second kappa shape index (κ2) is 7.57. The van der Waals surface area contributed by atoms with E-state index in [1.807, 2.05) is 30.9 Å². The molecule has 1 fully saturated rings. The summed E-state index contributed by atoms with van der Waals surface area (Å²) in [7, 11) is 0. The molecule has 1 aromatic rings. The van der Waals surface area contributed by atoms with E-state index in [4.69, 9.17) is 4.74 Å². The van der Waals surface area contributed by atoms with Crippen LogP contribution < -0.4 is 5.32 Å². The molecule has 0 radical (unpaired) electrons. The minimum Gasteiger partial charge on any atom is -0.372 e. The Morgan fingerprint density at radius 2 is 2.27 bits per heavy atom. The van der Waals surface area contributed by atoms with Gasteiger partial charge < -0.3 is 15.0 Å². The SMILES string of the molecule is CC1CN(/C=C(/C#N)C(=O)NCc2cccnc2)CC(C)O1. The van der Waals surface area contributed by atoms with Crippen molar-refractivity contribution < 1.29 is 9.53 Å². The van der Waals surface area contributed by atoms with Gasteiger partial charge in [-0.1, -0.05) is 6.07 Å². The van der Waals surface area contributed by atoms with E-state index in [-0.39, 0.29) is 23.7 Å². The Hall–Kier alpha value is -2.39. The third-order valence-corrected chi connectivity index (χ3v) is 3.30. The van der Waals surface area contributed by atoms with Crippen LogP contribution >= 0.6 is 0 Å². The molecule has 116 valence electrons. The van der Waals surface area contributed by atoms with E-state index in [1.54, 1.807) is 24.7 Å². The molecular weight excluding hydrogens is 280 g/mol. The Labute approximate surface area is 130 Å².